The van der Waals surface area contributed by atoms with Gasteiger partial charge in [0.15, 0.2) is 0 Å². The van der Waals surface area contributed by atoms with Crippen LogP contribution in [-0.4, -0.2) is 17.8 Å². The third-order valence-electron chi connectivity index (χ3n) is 2.29. The zero-order chi connectivity index (χ0) is 12.1. The maximum Gasteiger partial charge on any atom is 0.258 e. The smallest absolute Gasteiger partial charge is 0.258 e. The monoisotopic (exact) mass is 219 g/mol. The van der Waals surface area contributed by atoms with E-state index in [2.05, 4.69) is 4.99 Å². The lowest BCUT2D eigenvalue weighted by Gasteiger charge is -2.11. The number of aliphatic imine (C=N–C) groups is 1. The first-order valence-corrected chi connectivity index (χ1v) is 5.17. The van der Waals surface area contributed by atoms with Gasteiger partial charge in [0.1, 0.15) is 0 Å². The molecule has 1 heterocycles. The molecule has 0 fully saturated rings. The lowest BCUT2D eigenvalue weighted by Crippen LogP contribution is -2.24. The Kier molecular flexibility index (Phi) is 4.05. The van der Waals surface area contributed by atoms with E-state index in [4.69, 9.17) is 5.73 Å². The van der Waals surface area contributed by atoms with Crippen LogP contribution in [0.2, 0.25) is 0 Å². The Labute approximate surface area is 95.1 Å². The topological polar surface area (TPSA) is 60.4 Å². The average Bonchev–Trinajstić information content (AvgIpc) is 2.26. The molecule has 0 amide bonds. The molecule has 0 radical (unpaired) electrons. The van der Waals surface area contributed by atoms with E-state index in [9.17, 15) is 4.79 Å². The van der Waals surface area contributed by atoms with E-state index < -0.39 is 0 Å². The number of pyridine rings is 1. The third kappa shape index (κ3) is 2.39. The Morgan fingerprint density at radius 1 is 1.56 bits per heavy atom. The molecule has 0 aromatic carbocycles. The quantitative estimate of drug-likeness (QED) is 0.782. The minimum Gasteiger partial charge on any atom is -0.404 e. The molecule has 16 heavy (non-hydrogen) atoms. The molecule has 0 saturated carbocycles. The van der Waals surface area contributed by atoms with Gasteiger partial charge in [0, 0.05) is 37.3 Å². The molecule has 0 aliphatic heterocycles. The fraction of sp³-hybridized carbons (Fsp3) is 0.333. The zero-order valence-corrected chi connectivity index (χ0v) is 9.84. The summed E-state index contributed by atoms with van der Waals surface area (Å²) >= 11 is 0. The fourth-order valence-electron chi connectivity index (χ4n) is 1.48. The van der Waals surface area contributed by atoms with Gasteiger partial charge in [0.25, 0.3) is 5.56 Å². The van der Waals surface area contributed by atoms with Crippen LogP contribution in [-0.2, 0) is 0 Å². The first kappa shape index (κ1) is 12.2. The SMILES string of the molecule is CN=CC(=CN)c1cccn(C(C)C)c1=O. The van der Waals surface area contributed by atoms with Gasteiger partial charge in [0.2, 0.25) is 0 Å². The lowest BCUT2D eigenvalue weighted by atomic mass is 10.1. The molecule has 0 spiro atoms. The number of allylic oxidation sites excluding steroid dienone is 1. The number of aromatic nitrogens is 1. The summed E-state index contributed by atoms with van der Waals surface area (Å²) in [5.41, 5.74) is 6.65. The molecule has 1 rings (SSSR count). The van der Waals surface area contributed by atoms with Gasteiger partial charge in [-0.25, -0.2) is 0 Å². The second-order valence-electron chi connectivity index (χ2n) is 3.74. The Bertz CT molecular complexity index is 469. The normalized spacial score (nSPS) is 12.6. The van der Waals surface area contributed by atoms with E-state index in [1.165, 1.54) is 6.20 Å². The van der Waals surface area contributed by atoms with Gasteiger partial charge < -0.3 is 10.3 Å². The molecule has 4 heteroatoms. The van der Waals surface area contributed by atoms with Crippen molar-refractivity contribution >= 4 is 11.8 Å². The first-order valence-electron chi connectivity index (χ1n) is 5.17. The highest BCUT2D eigenvalue weighted by Gasteiger charge is 2.08. The number of hydrogen-bond donors (Lipinski definition) is 1. The minimum atomic E-state index is -0.0471. The van der Waals surface area contributed by atoms with Crippen molar-refractivity contribution < 1.29 is 0 Å². The van der Waals surface area contributed by atoms with Gasteiger partial charge in [0.05, 0.1) is 5.56 Å². The summed E-state index contributed by atoms with van der Waals surface area (Å²) in [5.74, 6) is 0. The Morgan fingerprint density at radius 2 is 2.25 bits per heavy atom. The largest absolute Gasteiger partial charge is 0.404 e. The number of nitrogens with zero attached hydrogens (tertiary/aromatic N) is 2. The molecule has 86 valence electrons. The molecule has 1 aromatic heterocycles. The summed E-state index contributed by atoms with van der Waals surface area (Å²) in [7, 11) is 1.65. The highest BCUT2D eigenvalue weighted by atomic mass is 16.1. The van der Waals surface area contributed by atoms with Crippen LogP contribution in [0.3, 0.4) is 0 Å². The van der Waals surface area contributed by atoms with Crippen LogP contribution in [0.15, 0.2) is 34.3 Å². The van der Waals surface area contributed by atoms with E-state index in [0.717, 1.165) is 0 Å². The second-order valence-corrected chi connectivity index (χ2v) is 3.74. The third-order valence-corrected chi connectivity index (χ3v) is 2.29. The number of rotatable bonds is 3. The molecule has 0 unspecified atom stereocenters. The van der Waals surface area contributed by atoms with Gasteiger partial charge in [-0.1, -0.05) is 0 Å². The summed E-state index contributed by atoms with van der Waals surface area (Å²) in [6.45, 7) is 3.93. The van der Waals surface area contributed by atoms with E-state index in [0.29, 0.717) is 11.1 Å². The van der Waals surface area contributed by atoms with Crippen molar-refractivity contribution in [3.8, 4) is 0 Å². The Hall–Kier alpha value is -1.84. The van der Waals surface area contributed by atoms with E-state index >= 15 is 0 Å². The average molecular weight is 219 g/mol. The van der Waals surface area contributed by atoms with Gasteiger partial charge in [-0.15, -0.1) is 0 Å². The molecule has 4 nitrogen and oxygen atoms in total. The predicted octanol–water partition coefficient (Wildman–Crippen LogP) is 1.43. The van der Waals surface area contributed by atoms with E-state index in [1.54, 1.807) is 30.1 Å². The van der Waals surface area contributed by atoms with Crippen molar-refractivity contribution in [2.45, 2.75) is 19.9 Å². The van der Waals surface area contributed by atoms with Crippen LogP contribution in [0.1, 0.15) is 25.5 Å². The molecule has 1 aromatic rings. The van der Waals surface area contributed by atoms with Crippen LogP contribution in [0.4, 0.5) is 0 Å². The van der Waals surface area contributed by atoms with Gasteiger partial charge in [-0.05, 0) is 26.0 Å². The molecule has 2 N–H and O–H groups in total. The number of hydrogen-bond acceptors (Lipinski definition) is 3. The standard InChI is InChI=1S/C12H17N3O/c1-9(2)15-6-4-5-11(12(15)16)10(7-13)8-14-3/h4-9H,13H2,1-3H3. The molecular formula is C12H17N3O. The van der Waals surface area contributed by atoms with Crippen LogP contribution in [0, 0.1) is 0 Å². The zero-order valence-electron chi connectivity index (χ0n) is 9.84. The molecular weight excluding hydrogens is 202 g/mol. The highest BCUT2D eigenvalue weighted by molar-refractivity contribution is 6.09. The highest BCUT2D eigenvalue weighted by Crippen LogP contribution is 2.08. The Morgan fingerprint density at radius 3 is 2.75 bits per heavy atom. The Balaban J connectivity index is 3.36. The fourth-order valence-corrected chi connectivity index (χ4v) is 1.48. The molecule has 0 aliphatic rings. The summed E-state index contributed by atoms with van der Waals surface area (Å²) in [6, 6.07) is 3.72. The lowest BCUT2D eigenvalue weighted by molar-refractivity contribution is 0.577. The van der Waals surface area contributed by atoms with Crippen molar-refractivity contribution in [1.82, 2.24) is 4.57 Å². The van der Waals surface area contributed by atoms with Crippen molar-refractivity contribution in [1.29, 1.82) is 0 Å². The maximum absolute atomic E-state index is 12.1. The minimum absolute atomic E-state index is 0.0471. The van der Waals surface area contributed by atoms with Gasteiger partial charge >= 0.3 is 0 Å². The van der Waals surface area contributed by atoms with Gasteiger partial charge in [-0.2, -0.15) is 0 Å². The van der Waals surface area contributed by atoms with Crippen molar-refractivity contribution in [2.75, 3.05) is 7.05 Å². The van der Waals surface area contributed by atoms with Crippen LogP contribution >= 0.6 is 0 Å². The van der Waals surface area contributed by atoms with E-state index in [1.807, 2.05) is 19.9 Å². The van der Waals surface area contributed by atoms with Gasteiger partial charge in [-0.3, -0.25) is 9.79 Å². The summed E-state index contributed by atoms with van der Waals surface area (Å²) in [6.07, 6.45) is 4.75. The molecule has 0 saturated heterocycles. The maximum atomic E-state index is 12.1. The van der Waals surface area contributed by atoms with Crippen LogP contribution < -0.4 is 11.3 Å². The first-order chi connectivity index (χ1) is 7.61. The number of nitrogens with two attached hydrogens (primary N) is 1. The van der Waals surface area contributed by atoms with Crippen molar-refractivity contribution in [3.63, 3.8) is 0 Å². The molecule has 0 bridgehead atoms. The van der Waals surface area contributed by atoms with Crippen molar-refractivity contribution in [3.05, 3.63) is 40.4 Å². The van der Waals surface area contributed by atoms with Crippen LogP contribution in [0.5, 0.6) is 0 Å². The summed E-state index contributed by atoms with van der Waals surface area (Å²) < 4.78 is 1.67. The molecule has 0 atom stereocenters. The van der Waals surface area contributed by atoms with Crippen molar-refractivity contribution in [2.24, 2.45) is 10.7 Å². The second kappa shape index (κ2) is 5.30. The molecule has 0 aliphatic carbocycles. The summed E-state index contributed by atoms with van der Waals surface area (Å²) in [5, 5.41) is 0. The van der Waals surface area contributed by atoms with Crippen LogP contribution in [0.25, 0.3) is 5.57 Å². The summed E-state index contributed by atoms with van der Waals surface area (Å²) in [4.78, 5) is 16.0. The van der Waals surface area contributed by atoms with E-state index in [-0.39, 0.29) is 11.6 Å². The predicted molar refractivity (Wildman–Crippen MR) is 67.7 cm³/mol.